The summed E-state index contributed by atoms with van der Waals surface area (Å²) < 4.78 is 42.1. The summed E-state index contributed by atoms with van der Waals surface area (Å²) in [6, 6.07) is 5.84. The normalized spacial score (nSPS) is 11.3. The Morgan fingerprint density at radius 3 is 2.61 bits per heavy atom. The van der Waals surface area contributed by atoms with Gasteiger partial charge in [-0.15, -0.1) is 0 Å². The largest absolute Gasteiger partial charge is 0.472 e. The van der Waals surface area contributed by atoms with Crippen LogP contribution >= 0.6 is 0 Å². The first-order valence-corrected chi connectivity index (χ1v) is 4.97. The lowest BCUT2D eigenvalue weighted by molar-refractivity contribution is -0.137. The van der Waals surface area contributed by atoms with Crippen molar-refractivity contribution in [3.05, 3.63) is 54.0 Å². The molecule has 2 aromatic rings. The maximum absolute atomic E-state index is 12.5. The van der Waals surface area contributed by atoms with E-state index in [4.69, 9.17) is 4.42 Å². The zero-order valence-corrected chi connectivity index (χ0v) is 8.99. The molecule has 0 atom stereocenters. The Kier molecular flexibility index (Phi) is 3.10. The van der Waals surface area contributed by atoms with Gasteiger partial charge >= 0.3 is 6.18 Å². The summed E-state index contributed by atoms with van der Waals surface area (Å²) in [5, 5.41) is 2.36. The van der Waals surface area contributed by atoms with Crippen LogP contribution < -0.4 is 5.32 Å². The Morgan fingerprint density at radius 2 is 2.00 bits per heavy atom. The van der Waals surface area contributed by atoms with Crippen LogP contribution in [0.4, 0.5) is 18.9 Å². The first-order valence-electron chi connectivity index (χ1n) is 4.97. The van der Waals surface area contributed by atoms with E-state index < -0.39 is 17.6 Å². The molecule has 18 heavy (non-hydrogen) atoms. The number of hydrogen-bond acceptors (Lipinski definition) is 2. The molecule has 0 aliphatic carbocycles. The SMILES string of the molecule is O=C(Nc1cccc(C(F)(F)F)c1)c1ccoc1. The second-order valence-electron chi connectivity index (χ2n) is 3.54. The van der Waals surface area contributed by atoms with Crippen molar-refractivity contribution in [1.82, 2.24) is 0 Å². The molecule has 0 saturated heterocycles. The number of alkyl halides is 3. The molecular formula is C12H8F3NO2. The average molecular weight is 255 g/mol. The molecule has 94 valence electrons. The van der Waals surface area contributed by atoms with Gasteiger partial charge in [-0.1, -0.05) is 6.07 Å². The average Bonchev–Trinajstić information content (AvgIpc) is 2.81. The van der Waals surface area contributed by atoms with Crippen LogP contribution in [-0.4, -0.2) is 5.91 Å². The van der Waals surface area contributed by atoms with Gasteiger partial charge in [0.1, 0.15) is 6.26 Å². The zero-order valence-electron chi connectivity index (χ0n) is 8.99. The van der Waals surface area contributed by atoms with E-state index >= 15 is 0 Å². The number of furan rings is 1. The fraction of sp³-hybridized carbons (Fsp3) is 0.0833. The summed E-state index contributed by atoms with van der Waals surface area (Å²) in [4.78, 5) is 11.6. The van der Waals surface area contributed by atoms with Crippen LogP contribution in [0.25, 0.3) is 0 Å². The standard InChI is InChI=1S/C12H8F3NO2/c13-12(14,15)9-2-1-3-10(6-9)16-11(17)8-4-5-18-7-8/h1-7H,(H,16,17). The highest BCUT2D eigenvalue weighted by atomic mass is 19.4. The number of halogens is 3. The number of rotatable bonds is 2. The van der Waals surface area contributed by atoms with Crippen molar-refractivity contribution in [3.8, 4) is 0 Å². The number of anilines is 1. The molecule has 0 aliphatic rings. The Balaban J connectivity index is 2.18. The van der Waals surface area contributed by atoms with E-state index in [2.05, 4.69) is 5.32 Å². The summed E-state index contributed by atoms with van der Waals surface area (Å²) in [5.74, 6) is -0.525. The van der Waals surface area contributed by atoms with Crippen LogP contribution in [0.3, 0.4) is 0 Å². The number of carbonyl (C=O) groups is 1. The lowest BCUT2D eigenvalue weighted by Gasteiger charge is -2.09. The van der Waals surface area contributed by atoms with Gasteiger partial charge in [0.25, 0.3) is 5.91 Å². The predicted molar refractivity (Wildman–Crippen MR) is 58.1 cm³/mol. The molecule has 1 aromatic carbocycles. The van der Waals surface area contributed by atoms with E-state index in [1.807, 2.05) is 0 Å². The Labute approximate surface area is 100 Å². The smallest absolute Gasteiger partial charge is 0.416 e. The summed E-state index contributed by atoms with van der Waals surface area (Å²) in [5.41, 5.74) is -0.490. The summed E-state index contributed by atoms with van der Waals surface area (Å²) in [6.07, 6.45) is -1.92. The third-order valence-electron chi connectivity index (χ3n) is 2.23. The second-order valence-corrected chi connectivity index (χ2v) is 3.54. The van der Waals surface area contributed by atoms with Crippen molar-refractivity contribution < 1.29 is 22.4 Å². The topological polar surface area (TPSA) is 42.2 Å². The van der Waals surface area contributed by atoms with E-state index in [0.29, 0.717) is 0 Å². The third-order valence-corrected chi connectivity index (χ3v) is 2.23. The van der Waals surface area contributed by atoms with Crippen LogP contribution in [0.1, 0.15) is 15.9 Å². The zero-order chi connectivity index (χ0) is 13.2. The molecule has 0 bridgehead atoms. The lowest BCUT2D eigenvalue weighted by atomic mass is 10.2. The monoisotopic (exact) mass is 255 g/mol. The highest BCUT2D eigenvalue weighted by molar-refractivity contribution is 6.04. The number of carbonyl (C=O) groups excluding carboxylic acids is 1. The summed E-state index contributed by atoms with van der Waals surface area (Å²) >= 11 is 0. The minimum absolute atomic E-state index is 0.0797. The van der Waals surface area contributed by atoms with Crippen molar-refractivity contribution in [1.29, 1.82) is 0 Å². The maximum Gasteiger partial charge on any atom is 0.416 e. The molecule has 6 heteroatoms. The lowest BCUT2D eigenvalue weighted by Crippen LogP contribution is -2.12. The van der Waals surface area contributed by atoms with Crippen LogP contribution in [0.2, 0.25) is 0 Å². The minimum atomic E-state index is -4.43. The molecule has 0 unspecified atom stereocenters. The number of benzene rings is 1. The Bertz CT molecular complexity index is 547. The fourth-order valence-electron chi connectivity index (χ4n) is 1.37. The minimum Gasteiger partial charge on any atom is -0.472 e. The molecule has 1 N–H and O–H groups in total. The van der Waals surface area contributed by atoms with Gasteiger partial charge in [-0.25, -0.2) is 0 Å². The highest BCUT2D eigenvalue weighted by Gasteiger charge is 2.30. The van der Waals surface area contributed by atoms with Gasteiger partial charge in [0, 0.05) is 5.69 Å². The first-order chi connectivity index (χ1) is 8.47. The fourth-order valence-corrected chi connectivity index (χ4v) is 1.37. The molecule has 1 amide bonds. The number of nitrogens with one attached hydrogen (secondary N) is 1. The quantitative estimate of drug-likeness (QED) is 0.891. The molecule has 1 aromatic heterocycles. The van der Waals surface area contributed by atoms with E-state index in [0.717, 1.165) is 12.1 Å². The van der Waals surface area contributed by atoms with Crippen LogP contribution in [0.5, 0.6) is 0 Å². The van der Waals surface area contributed by atoms with Crippen molar-refractivity contribution in [2.24, 2.45) is 0 Å². The predicted octanol–water partition coefficient (Wildman–Crippen LogP) is 3.55. The van der Waals surface area contributed by atoms with Gasteiger partial charge in [-0.3, -0.25) is 4.79 Å². The van der Waals surface area contributed by atoms with Gasteiger partial charge in [-0.2, -0.15) is 13.2 Å². The molecule has 3 nitrogen and oxygen atoms in total. The second kappa shape index (κ2) is 4.56. The van der Waals surface area contributed by atoms with E-state index in [1.165, 1.54) is 30.7 Å². The number of amides is 1. The van der Waals surface area contributed by atoms with E-state index in [1.54, 1.807) is 0 Å². The molecule has 0 aliphatic heterocycles. The van der Waals surface area contributed by atoms with E-state index in [-0.39, 0.29) is 11.3 Å². The van der Waals surface area contributed by atoms with Crippen LogP contribution in [-0.2, 0) is 6.18 Å². The molecule has 0 spiro atoms. The van der Waals surface area contributed by atoms with Crippen LogP contribution in [0, 0.1) is 0 Å². The Morgan fingerprint density at radius 1 is 1.22 bits per heavy atom. The van der Waals surface area contributed by atoms with E-state index in [9.17, 15) is 18.0 Å². The molecule has 1 heterocycles. The maximum atomic E-state index is 12.5. The van der Waals surface area contributed by atoms with Crippen molar-refractivity contribution in [2.75, 3.05) is 5.32 Å². The molecular weight excluding hydrogens is 247 g/mol. The summed E-state index contributed by atoms with van der Waals surface area (Å²) in [7, 11) is 0. The molecule has 0 fully saturated rings. The Hall–Kier alpha value is -2.24. The van der Waals surface area contributed by atoms with Gasteiger partial charge in [0.15, 0.2) is 0 Å². The third kappa shape index (κ3) is 2.71. The van der Waals surface area contributed by atoms with Crippen molar-refractivity contribution >= 4 is 11.6 Å². The first kappa shape index (κ1) is 12.2. The van der Waals surface area contributed by atoms with Gasteiger partial charge < -0.3 is 9.73 Å². The highest BCUT2D eigenvalue weighted by Crippen LogP contribution is 2.30. The van der Waals surface area contributed by atoms with Gasteiger partial charge in [0.2, 0.25) is 0 Å². The molecule has 0 saturated carbocycles. The van der Waals surface area contributed by atoms with Gasteiger partial charge in [0.05, 0.1) is 17.4 Å². The van der Waals surface area contributed by atoms with Crippen molar-refractivity contribution in [2.45, 2.75) is 6.18 Å². The van der Waals surface area contributed by atoms with Crippen LogP contribution in [0.15, 0.2) is 47.3 Å². The van der Waals surface area contributed by atoms with Crippen molar-refractivity contribution in [3.63, 3.8) is 0 Å². The molecule has 0 radical (unpaired) electrons. The summed E-state index contributed by atoms with van der Waals surface area (Å²) in [6.45, 7) is 0. The molecule has 2 rings (SSSR count). The number of hydrogen-bond donors (Lipinski definition) is 1. The van der Waals surface area contributed by atoms with Gasteiger partial charge in [-0.05, 0) is 24.3 Å².